The first-order chi connectivity index (χ1) is 8.77. The van der Waals surface area contributed by atoms with Gasteiger partial charge in [-0.25, -0.2) is 0 Å². The van der Waals surface area contributed by atoms with E-state index in [4.69, 9.17) is 4.74 Å². The van der Waals surface area contributed by atoms with Crippen molar-refractivity contribution < 1.29 is 9.53 Å². The zero-order valence-corrected chi connectivity index (χ0v) is 10.8. The summed E-state index contributed by atoms with van der Waals surface area (Å²) in [5.41, 5.74) is 1.62. The van der Waals surface area contributed by atoms with E-state index in [-0.39, 0.29) is 11.3 Å². The van der Waals surface area contributed by atoms with Gasteiger partial charge >= 0.3 is 0 Å². The molecule has 1 saturated heterocycles. The van der Waals surface area contributed by atoms with Crippen molar-refractivity contribution >= 4 is 5.78 Å². The van der Waals surface area contributed by atoms with Crippen LogP contribution in [0.3, 0.4) is 0 Å². The van der Waals surface area contributed by atoms with Crippen LogP contribution in [0.2, 0.25) is 0 Å². The highest BCUT2D eigenvalue weighted by molar-refractivity contribution is 6.07. The van der Waals surface area contributed by atoms with Crippen molar-refractivity contribution in [2.75, 3.05) is 13.7 Å². The molecule has 1 spiro atoms. The minimum Gasteiger partial charge on any atom is -0.496 e. The van der Waals surface area contributed by atoms with Crippen molar-refractivity contribution in [3.8, 4) is 5.75 Å². The molecule has 1 fully saturated rings. The highest BCUT2D eigenvalue weighted by Crippen LogP contribution is 2.38. The van der Waals surface area contributed by atoms with Crippen LogP contribution in [0.1, 0.15) is 41.6 Å². The first kappa shape index (κ1) is 11.7. The third-order valence-corrected chi connectivity index (χ3v) is 4.31. The molecule has 1 aliphatic heterocycles. The van der Waals surface area contributed by atoms with Gasteiger partial charge in [0.15, 0.2) is 5.78 Å². The van der Waals surface area contributed by atoms with E-state index >= 15 is 0 Å². The molecule has 0 radical (unpaired) electrons. The Labute approximate surface area is 108 Å². The average Bonchev–Trinajstić information content (AvgIpc) is 2.44. The summed E-state index contributed by atoms with van der Waals surface area (Å²) in [5, 5.41) is 3.47. The molecule has 3 rings (SSSR count). The summed E-state index contributed by atoms with van der Waals surface area (Å²) < 4.78 is 5.37. The number of benzene rings is 1. The van der Waals surface area contributed by atoms with E-state index < -0.39 is 0 Å². The Kier molecular flexibility index (Phi) is 2.86. The zero-order chi connectivity index (χ0) is 12.6. The molecule has 1 atom stereocenters. The number of nitrogens with one attached hydrogen (secondary N) is 1. The quantitative estimate of drug-likeness (QED) is 0.825. The standard InChI is InChI=1S/C15H19NO2/c1-18-12-6-4-5-11-7-9-15(14(17)13(11)12)8-2-3-10-16-15/h4-6,16H,2-3,7-10H2,1H3. The molecule has 1 heterocycles. The Hall–Kier alpha value is -1.35. The molecule has 0 amide bonds. The summed E-state index contributed by atoms with van der Waals surface area (Å²) >= 11 is 0. The third-order valence-electron chi connectivity index (χ3n) is 4.31. The van der Waals surface area contributed by atoms with E-state index in [0.29, 0.717) is 0 Å². The predicted octanol–water partition coefficient (Wildman–Crippen LogP) is 2.34. The van der Waals surface area contributed by atoms with Crippen LogP contribution in [0.15, 0.2) is 18.2 Å². The largest absolute Gasteiger partial charge is 0.496 e. The van der Waals surface area contributed by atoms with Gasteiger partial charge in [0.2, 0.25) is 0 Å². The third kappa shape index (κ3) is 1.65. The molecule has 1 N–H and O–H groups in total. The van der Waals surface area contributed by atoms with Gasteiger partial charge in [0, 0.05) is 0 Å². The highest BCUT2D eigenvalue weighted by atomic mass is 16.5. The van der Waals surface area contributed by atoms with Crippen LogP contribution in [0.4, 0.5) is 0 Å². The number of ketones is 1. The molecule has 3 heteroatoms. The summed E-state index contributed by atoms with van der Waals surface area (Å²) in [6.07, 6.45) is 5.16. The molecule has 2 aliphatic rings. The number of piperidine rings is 1. The molecule has 18 heavy (non-hydrogen) atoms. The van der Waals surface area contributed by atoms with Crippen molar-refractivity contribution in [3.63, 3.8) is 0 Å². The minimum atomic E-state index is -0.320. The van der Waals surface area contributed by atoms with Crippen LogP contribution < -0.4 is 10.1 Å². The SMILES string of the molecule is COc1cccc2c1C(=O)C1(CCCCN1)CC2. The van der Waals surface area contributed by atoms with Crippen LogP contribution >= 0.6 is 0 Å². The van der Waals surface area contributed by atoms with Gasteiger partial charge in [0.1, 0.15) is 5.75 Å². The monoisotopic (exact) mass is 245 g/mol. The fraction of sp³-hybridized carbons (Fsp3) is 0.533. The van der Waals surface area contributed by atoms with E-state index in [0.717, 1.165) is 49.1 Å². The van der Waals surface area contributed by atoms with Gasteiger partial charge in [0.05, 0.1) is 18.2 Å². The molecule has 1 unspecified atom stereocenters. The van der Waals surface area contributed by atoms with E-state index in [1.54, 1.807) is 7.11 Å². The lowest BCUT2D eigenvalue weighted by molar-refractivity contribution is 0.0778. The number of carbonyl (C=O) groups excluding carboxylic acids is 1. The average molecular weight is 245 g/mol. The van der Waals surface area contributed by atoms with Gasteiger partial charge < -0.3 is 10.1 Å². The van der Waals surface area contributed by atoms with Crippen molar-refractivity contribution in [3.05, 3.63) is 29.3 Å². The van der Waals surface area contributed by atoms with Crippen LogP contribution in [0.25, 0.3) is 0 Å². The smallest absolute Gasteiger partial charge is 0.186 e. The van der Waals surface area contributed by atoms with Crippen molar-refractivity contribution in [2.45, 2.75) is 37.6 Å². The Balaban J connectivity index is 2.05. The van der Waals surface area contributed by atoms with Crippen LogP contribution in [-0.4, -0.2) is 25.0 Å². The molecule has 96 valence electrons. The lowest BCUT2D eigenvalue weighted by Crippen LogP contribution is -2.56. The van der Waals surface area contributed by atoms with Gasteiger partial charge in [-0.1, -0.05) is 12.1 Å². The number of ether oxygens (including phenoxy) is 1. The number of hydrogen-bond donors (Lipinski definition) is 1. The van der Waals surface area contributed by atoms with Crippen LogP contribution in [0, 0.1) is 0 Å². The maximum Gasteiger partial charge on any atom is 0.186 e. The molecule has 0 saturated carbocycles. The fourth-order valence-electron chi connectivity index (χ4n) is 3.29. The van der Waals surface area contributed by atoms with Crippen LogP contribution in [-0.2, 0) is 6.42 Å². The number of methoxy groups -OCH3 is 1. The molecule has 3 nitrogen and oxygen atoms in total. The Morgan fingerprint density at radius 3 is 2.89 bits per heavy atom. The first-order valence-electron chi connectivity index (χ1n) is 6.72. The number of Topliss-reactive ketones (excluding diaryl/α,β-unsaturated/α-hetero) is 1. The topological polar surface area (TPSA) is 38.3 Å². The van der Waals surface area contributed by atoms with E-state index in [1.807, 2.05) is 18.2 Å². The zero-order valence-electron chi connectivity index (χ0n) is 10.8. The summed E-state index contributed by atoms with van der Waals surface area (Å²) in [5.74, 6) is 0.963. The Bertz CT molecular complexity index is 461. The van der Waals surface area contributed by atoms with Gasteiger partial charge in [-0.2, -0.15) is 0 Å². The fourth-order valence-corrected chi connectivity index (χ4v) is 3.29. The molecule has 1 aromatic rings. The Morgan fingerprint density at radius 2 is 2.17 bits per heavy atom. The molecular formula is C15H19NO2. The lowest BCUT2D eigenvalue weighted by Gasteiger charge is -2.40. The second kappa shape index (κ2) is 4.39. The molecule has 1 aliphatic carbocycles. The molecule has 1 aromatic carbocycles. The summed E-state index contributed by atoms with van der Waals surface area (Å²) in [6.45, 7) is 0.955. The second-order valence-corrected chi connectivity index (χ2v) is 5.29. The number of aryl methyl sites for hydroxylation is 1. The van der Waals surface area contributed by atoms with Gasteiger partial charge in [0.25, 0.3) is 0 Å². The van der Waals surface area contributed by atoms with Gasteiger partial charge in [-0.3, -0.25) is 4.79 Å². The number of fused-ring (bicyclic) bond motifs is 1. The number of rotatable bonds is 1. The highest BCUT2D eigenvalue weighted by Gasteiger charge is 2.44. The normalized spacial score (nSPS) is 27.1. The second-order valence-electron chi connectivity index (χ2n) is 5.29. The Morgan fingerprint density at radius 1 is 1.28 bits per heavy atom. The van der Waals surface area contributed by atoms with Crippen molar-refractivity contribution in [1.82, 2.24) is 5.32 Å². The van der Waals surface area contributed by atoms with E-state index in [2.05, 4.69) is 5.32 Å². The molecule has 0 aromatic heterocycles. The predicted molar refractivity (Wildman–Crippen MR) is 70.2 cm³/mol. The summed E-state index contributed by atoms with van der Waals surface area (Å²) in [4.78, 5) is 12.8. The number of carbonyl (C=O) groups is 1. The van der Waals surface area contributed by atoms with Crippen LogP contribution in [0.5, 0.6) is 5.75 Å². The maximum absolute atomic E-state index is 12.8. The minimum absolute atomic E-state index is 0.237. The maximum atomic E-state index is 12.8. The summed E-state index contributed by atoms with van der Waals surface area (Å²) in [6, 6.07) is 5.90. The van der Waals surface area contributed by atoms with Gasteiger partial charge in [-0.05, 0) is 50.3 Å². The lowest BCUT2D eigenvalue weighted by atomic mass is 9.72. The first-order valence-corrected chi connectivity index (χ1v) is 6.72. The molecular weight excluding hydrogens is 226 g/mol. The van der Waals surface area contributed by atoms with Crippen molar-refractivity contribution in [1.29, 1.82) is 0 Å². The van der Waals surface area contributed by atoms with Crippen molar-refractivity contribution in [2.24, 2.45) is 0 Å². The van der Waals surface area contributed by atoms with E-state index in [9.17, 15) is 4.79 Å². The number of hydrogen-bond acceptors (Lipinski definition) is 3. The summed E-state index contributed by atoms with van der Waals surface area (Å²) in [7, 11) is 1.64. The van der Waals surface area contributed by atoms with Gasteiger partial charge in [-0.15, -0.1) is 0 Å². The molecule has 0 bridgehead atoms. The van der Waals surface area contributed by atoms with E-state index in [1.165, 1.54) is 6.42 Å².